The zero-order valence-corrected chi connectivity index (χ0v) is 6.27. The summed E-state index contributed by atoms with van der Waals surface area (Å²) in [6.45, 7) is 4.03. The number of ether oxygens (including phenoxy) is 2. The van der Waals surface area contributed by atoms with Crippen molar-refractivity contribution >= 4 is 0 Å². The fourth-order valence-corrected chi connectivity index (χ4v) is 1.52. The Balaban J connectivity index is 1.92. The largest absolute Gasteiger partial charge is 0.388 e. The monoisotopic (exact) mass is 156 g/mol. The SMILES string of the molecule is C=CCC1OCC(O)C2OC12. The molecule has 2 fully saturated rings. The van der Waals surface area contributed by atoms with E-state index in [-0.39, 0.29) is 18.3 Å². The number of hydrogen-bond acceptors (Lipinski definition) is 3. The van der Waals surface area contributed by atoms with E-state index in [1.165, 1.54) is 0 Å². The van der Waals surface area contributed by atoms with Crippen molar-refractivity contribution in [1.29, 1.82) is 0 Å². The highest BCUT2D eigenvalue weighted by Crippen LogP contribution is 2.35. The van der Waals surface area contributed by atoms with Crippen LogP contribution in [-0.2, 0) is 9.47 Å². The second-order valence-electron chi connectivity index (χ2n) is 3.03. The summed E-state index contributed by atoms with van der Waals surface area (Å²) in [4.78, 5) is 0. The molecule has 0 spiro atoms. The number of epoxide rings is 1. The van der Waals surface area contributed by atoms with Gasteiger partial charge in [-0.05, 0) is 6.42 Å². The highest BCUT2D eigenvalue weighted by molar-refractivity contribution is 5.01. The van der Waals surface area contributed by atoms with E-state index in [0.29, 0.717) is 6.61 Å². The van der Waals surface area contributed by atoms with Gasteiger partial charge in [-0.25, -0.2) is 0 Å². The first-order valence-corrected chi connectivity index (χ1v) is 3.89. The highest BCUT2D eigenvalue weighted by atomic mass is 16.6. The molecule has 11 heavy (non-hydrogen) atoms. The molecule has 2 aliphatic heterocycles. The Kier molecular flexibility index (Phi) is 1.71. The van der Waals surface area contributed by atoms with Crippen LogP contribution in [0.5, 0.6) is 0 Å². The third kappa shape index (κ3) is 1.20. The van der Waals surface area contributed by atoms with Crippen molar-refractivity contribution in [3.63, 3.8) is 0 Å². The predicted octanol–water partition coefficient (Wildman–Crippen LogP) is 0.0896. The first kappa shape index (κ1) is 7.28. The lowest BCUT2D eigenvalue weighted by Gasteiger charge is -2.20. The second-order valence-corrected chi connectivity index (χ2v) is 3.03. The quantitative estimate of drug-likeness (QED) is 0.455. The van der Waals surface area contributed by atoms with Gasteiger partial charge >= 0.3 is 0 Å². The lowest BCUT2D eigenvalue weighted by Crippen LogP contribution is -2.36. The van der Waals surface area contributed by atoms with Crippen LogP contribution in [0.1, 0.15) is 6.42 Å². The molecule has 2 heterocycles. The zero-order chi connectivity index (χ0) is 7.84. The maximum absolute atomic E-state index is 9.23. The Morgan fingerprint density at radius 3 is 3.09 bits per heavy atom. The molecule has 4 unspecified atom stereocenters. The Labute approximate surface area is 65.6 Å². The minimum absolute atomic E-state index is 0.0358. The molecule has 0 bridgehead atoms. The number of fused-ring (bicyclic) bond motifs is 1. The zero-order valence-electron chi connectivity index (χ0n) is 6.27. The molecule has 0 aromatic rings. The lowest BCUT2D eigenvalue weighted by molar-refractivity contribution is -0.0337. The van der Waals surface area contributed by atoms with Gasteiger partial charge in [-0.15, -0.1) is 6.58 Å². The smallest absolute Gasteiger partial charge is 0.115 e. The predicted molar refractivity (Wildman–Crippen MR) is 39.2 cm³/mol. The molecule has 3 heteroatoms. The van der Waals surface area contributed by atoms with Crippen LogP contribution in [0.4, 0.5) is 0 Å². The van der Waals surface area contributed by atoms with Gasteiger partial charge < -0.3 is 14.6 Å². The summed E-state index contributed by atoms with van der Waals surface area (Å²) >= 11 is 0. The van der Waals surface area contributed by atoms with Gasteiger partial charge in [0, 0.05) is 0 Å². The molecule has 2 saturated heterocycles. The van der Waals surface area contributed by atoms with Crippen molar-refractivity contribution in [2.75, 3.05) is 6.61 Å². The third-order valence-corrected chi connectivity index (χ3v) is 2.19. The maximum Gasteiger partial charge on any atom is 0.115 e. The molecule has 4 atom stereocenters. The van der Waals surface area contributed by atoms with Crippen molar-refractivity contribution in [2.45, 2.75) is 30.8 Å². The van der Waals surface area contributed by atoms with Crippen LogP contribution in [0.25, 0.3) is 0 Å². The molecular formula is C8H12O3. The molecule has 2 rings (SSSR count). The molecule has 0 aromatic heterocycles. The number of hydrogen-bond donors (Lipinski definition) is 1. The van der Waals surface area contributed by atoms with Crippen molar-refractivity contribution in [3.8, 4) is 0 Å². The van der Waals surface area contributed by atoms with Gasteiger partial charge in [-0.3, -0.25) is 0 Å². The fourth-order valence-electron chi connectivity index (χ4n) is 1.52. The molecular weight excluding hydrogens is 144 g/mol. The summed E-state index contributed by atoms with van der Waals surface area (Å²) in [6, 6.07) is 0. The summed E-state index contributed by atoms with van der Waals surface area (Å²) in [5, 5.41) is 9.23. The van der Waals surface area contributed by atoms with Crippen LogP contribution < -0.4 is 0 Å². The molecule has 0 aromatic carbocycles. The van der Waals surface area contributed by atoms with E-state index in [1.807, 2.05) is 6.08 Å². The lowest BCUT2D eigenvalue weighted by atomic mass is 10.1. The second kappa shape index (κ2) is 2.59. The molecule has 3 nitrogen and oxygen atoms in total. The summed E-state index contributed by atoms with van der Waals surface area (Å²) in [5.74, 6) is 0. The summed E-state index contributed by atoms with van der Waals surface area (Å²) in [6.07, 6.45) is 2.50. The van der Waals surface area contributed by atoms with Gasteiger partial charge in [-0.1, -0.05) is 6.08 Å². The average Bonchev–Trinajstić information content (AvgIpc) is 2.75. The number of aliphatic hydroxyl groups is 1. The van der Waals surface area contributed by atoms with E-state index in [9.17, 15) is 5.11 Å². The van der Waals surface area contributed by atoms with Crippen molar-refractivity contribution in [3.05, 3.63) is 12.7 Å². The Hall–Kier alpha value is -0.380. The summed E-state index contributed by atoms with van der Waals surface area (Å²) in [7, 11) is 0. The van der Waals surface area contributed by atoms with Gasteiger partial charge in [0.2, 0.25) is 0 Å². The van der Waals surface area contributed by atoms with E-state index in [2.05, 4.69) is 6.58 Å². The molecule has 0 saturated carbocycles. The minimum Gasteiger partial charge on any atom is -0.388 e. The Bertz CT molecular complexity index is 169. The van der Waals surface area contributed by atoms with Crippen LogP contribution >= 0.6 is 0 Å². The van der Waals surface area contributed by atoms with Gasteiger partial charge in [0.15, 0.2) is 0 Å². The van der Waals surface area contributed by atoms with E-state index in [0.717, 1.165) is 6.42 Å². The first-order valence-electron chi connectivity index (χ1n) is 3.89. The van der Waals surface area contributed by atoms with Crippen molar-refractivity contribution in [2.24, 2.45) is 0 Å². The molecule has 1 N–H and O–H groups in total. The van der Waals surface area contributed by atoms with Crippen LogP contribution in [0.2, 0.25) is 0 Å². The Morgan fingerprint density at radius 2 is 2.36 bits per heavy atom. The van der Waals surface area contributed by atoms with E-state index >= 15 is 0 Å². The van der Waals surface area contributed by atoms with E-state index in [4.69, 9.17) is 9.47 Å². The van der Waals surface area contributed by atoms with Crippen molar-refractivity contribution in [1.82, 2.24) is 0 Å². The van der Waals surface area contributed by atoms with Crippen LogP contribution in [0, 0.1) is 0 Å². The standard InChI is InChI=1S/C8H12O3/c1-2-3-6-8-7(11-8)5(9)4-10-6/h2,5-9H,1,3-4H2. The molecule has 0 radical (unpaired) electrons. The molecule has 62 valence electrons. The fraction of sp³-hybridized carbons (Fsp3) is 0.750. The van der Waals surface area contributed by atoms with Gasteiger partial charge in [0.1, 0.15) is 18.3 Å². The van der Waals surface area contributed by atoms with Crippen LogP contribution in [0.3, 0.4) is 0 Å². The van der Waals surface area contributed by atoms with Gasteiger partial charge in [-0.2, -0.15) is 0 Å². The normalized spacial score (nSPS) is 48.1. The Morgan fingerprint density at radius 1 is 1.55 bits per heavy atom. The first-order chi connectivity index (χ1) is 5.33. The van der Waals surface area contributed by atoms with Crippen LogP contribution in [0.15, 0.2) is 12.7 Å². The van der Waals surface area contributed by atoms with Crippen molar-refractivity contribution < 1.29 is 14.6 Å². The minimum atomic E-state index is -0.416. The number of rotatable bonds is 2. The number of aliphatic hydroxyl groups excluding tert-OH is 1. The summed E-state index contributed by atoms with van der Waals surface area (Å²) in [5.41, 5.74) is 0. The molecule has 0 aliphatic carbocycles. The summed E-state index contributed by atoms with van der Waals surface area (Å²) < 4.78 is 10.6. The average molecular weight is 156 g/mol. The third-order valence-electron chi connectivity index (χ3n) is 2.19. The molecule has 2 aliphatic rings. The van der Waals surface area contributed by atoms with Gasteiger partial charge in [0.05, 0.1) is 12.7 Å². The van der Waals surface area contributed by atoms with E-state index < -0.39 is 6.10 Å². The maximum atomic E-state index is 9.23. The molecule has 0 amide bonds. The topological polar surface area (TPSA) is 42.0 Å². The van der Waals surface area contributed by atoms with E-state index in [1.54, 1.807) is 0 Å². The van der Waals surface area contributed by atoms with Gasteiger partial charge in [0.25, 0.3) is 0 Å². The highest BCUT2D eigenvalue weighted by Gasteiger charge is 2.52. The van der Waals surface area contributed by atoms with Crippen LogP contribution in [-0.4, -0.2) is 36.1 Å².